The lowest BCUT2D eigenvalue weighted by Crippen LogP contribution is -2.24. The summed E-state index contributed by atoms with van der Waals surface area (Å²) in [6.45, 7) is 1.47. The Kier molecular flexibility index (Phi) is 7.11. The SMILES string of the molecule is Cc1ncc(C=O)c(CNNc2ccc([N+](=O)[O-])cc2S(=O)(=O)Nc2ccccc2Cl)c1O. The van der Waals surface area contributed by atoms with Crippen molar-refractivity contribution in [1.29, 1.82) is 0 Å². The fourth-order valence-electron chi connectivity index (χ4n) is 2.87. The number of sulfonamides is 1. The molecule has 4 N–H and O–H groups in total. The molecule has 0 saturated carbocycles. The first-order valence-corrected chi connectivity index (χ1v) is 11.2. The van der Waals surface area contributed by atoms with Crippen LogP contribution in [0.15, 0.2) is 53.6 Å². The summed E-state index contributed by atoms with van der Waals surface area (Å²) in [4.78, 5) is 25.2. The van der Waals surface area contributed by atoms with Gasteiger partial charge in [0.1, 0.15) is 10.6 Å². The Morgan fingerprint density at radius 1 is 1.21 bits per heavy atom. The van der Waals surface area contributed by atoms with Gasteiger partial charge in [0.15, 0.2) is 6.29 Å². The maximum atomic E-state index is 13.0. The van der Waals surface area contributed by atoms with Crippen LogP contribution < -0.4 is 15.6 Å². The van der Waals surface area contributed by atoms with Crippen LogP contribution in [0.3, 0.4) is 0 Å². The van der Waals surface area contributed by atoms with Gasteiger partial charge < -0.3 is 10.5 Å². The van der Waals surface area contributed by atoms with E-state index in [2.05, 4.69) is 20.6 Å². The van der Waals surface area contributed by atoms with E-state index in [0.717, 1.165) is 12.1 Å². The molecule has 13 heteroatoms. The number of aldehydes is 1. The Hall–Kier alpha value is -3.74. The molecule has 33 heavy (non-hydrogen) atoms. The third-order valence-electron chi connectivity index (χ3n) is 4.57. The number of carbonyl (C=O) groups is 1. The second-order valence-corrected chi connectivity index (χ2v) is 8.80. The van der Waals surface area contributed by atoms with Crippen LogP contribution in [-0.4, -0.2) is 29.7 Å². The number of hydrazine groups is 1. The zero-order chi connectivity index (χ0) is 24.2. The molecule has 11 nitrogen and oxygen atoms in total. The molecule has 0 fully saturated rings. The largest absolute Gasteiger partial charge is 0.506 e. The number of nitrogens with one attached hydrogen (secondary N) is 3. The zero-order valence-electron chi connectivity index (χ0n) is 17.1. The molecular weight excluding hydrogens is 474 g/mol. The molecule has 3 rings (SSSR count). The molecule has 1 heterocycles. The number of hydrogen-bond donors (Lipinski definition) is 4. The van der Waals surface area contributed by atoms with Gasteiger partial charge >= 0.3 is 0 Å². The van der Waals surface area contributed by atoms with Crippen LogP contribution in [0.2, 0.25) is 5.02 Å². The first kappa shape index (κ1) is 23.9. The molecule has 0 saturated heterocycles. The van der Waals surface area contributed by atoms with Crippen LogP contribution in [0.25, 0.3) is 0 Å². The number of rotatable bonds is 9. The maximum absolute atomic E-state index is 13.0. The highest BCUT2D eigenvalue weighted by Crippen LogP contribution is 2.30. The van der Waals surface area contributed by atoms with Gasteiger partial charge in [-0.3, -0.25) is 24.6 Å². The number of aryl methyl sites for hydroxylation is 1. The molecule has 0 bridgehead atoms. The summed E-state index contributed by atoms with van der Waals surface area (Å²) in [5.41, 5.74) is 5.70. The van der Waals surface area contributed by atoms with Crippen LogP contribution >= 0.6 is 11.6 Å². The van der Waals surface area contributed by atoms with Crippen molar-refractivity contribution in [1.82, 2.24) is 10.4 Å². The van der Waals surface area contributed by atoms with Gasteiger partial charge in [-0.2, -0.15) is 0 Å². The topological polar surface area (TPSA) is 164 Å². The summed E-state index contributed by atoms with van der Waals surface area (Å²) in [6.07, 6.45) is 1.83. The van der Waals surface area contributed by atoms with Crippen molar-refractivity contribution in [2.24, 2.45) is 0 Å². The smallest absolute Gasteiger partial charge is 0.270 e. The first-order chi connectivity index (χ1) is 15.6. The first-order valence-electron chi connectivity index (χ1n) is 9.31. The fourth-order valence-corrected chi connectivity index (χ4v) is 4.37. The number of para-hydroxylation sites is 1. The average molecular weight is 492 g/mol. The molecule has 0 atom stereocenters. The summed E-state index contributed by atoms with van der Waals surface area (Å²) in [7, 11) is -4.30. The predicted octanol–water partition coefficient (Wildman–Crippen LogP) is 3.39. The Labute approximate surface area is 193 Å². The zero-order valence-corrected chi connectivity index (χ0v) is 18.6. The van der Waals surface area contributed by atoms with E-state index in [1.54, 1.807) is 19.1 Å². The van der Waals surface area contributed by atoms with Crippen LogP contribution in [0.1, 0.15) is 21.6 Å². The lowest BCUT2D eigenvalue weighted by Gasteiger charge is -2.16. The number of nitrogens with zero attached hydrogens (tertiary/aromatic N) is 2. The molecule has 172 valence electrons. The second kappa shape index (κ2) is 9.81. The van der Waals surface area contributed by atoms with Gasteiger partial charge in [0.05, 0.1) is 27.0 Å². The third-order valence-corrected chi connectivity index (χ3v) is 6.31. The fraction of sp³-hybridized carbons (Fsp3) is 0.100. The van der Waals surface area contributed by atoms with Crippen molar-refractivity contribution < 1.29 is 23.2 Å². The highest BCUT2D eigenvalue weighted by molar-refractivity contribution is 7.93. The van der Waals surface area contributed by atoms with E-state index in [1.807, 2.05) is 0 Å². The number of aromatic hydroxyl groups is 1. The van der Waals surface area contributed by atoms with Gasteiger partial charge in [0, 0.05) is 36.0 Å². The lowest BCUT2D eigenvalue weighted by atomic mass is 10.1. The number of nitro groups is 1. The number of aromatic nitrogens is 1. The van der Waals surface area contributed by atoms with Crippen molar-refractivity contribution >= 4 is 45.0 Å². The highest BCUT2D eigenvalue weighted by atomic mass is 35.5. The number of non-ortho nitro benzene ring substituents is 1. The lowest BCUT2D eigenvalue weighted by molar-refractivity contribution is -0.385. The van der Waals surface area contributed by atoms with Gasteiger partial charge in [-0.25, -0.2) is 13.8 Å². The summed E-state index contributed by atoms with van der Waals surface area (Å²) < 4.78 is 28.4. The minimum absolute atomic E-state index is 0.0157. The molecule has 3 aromatic rings. The van der Waals surface area contributed by atoms with E-state index >= 15 is 0 Å². The highest BCUT2D eigenvalue weighted by Gasteiger charge is 2.23. The molecule has 0 aliphatic carbocycles. The molecule has 0 spiro atoms. The third kappa shape index (κ3) is 5.37. The minimum atomic E-state index is -4.30. The summed E-state index contributed by atoms with van der Waals surface area (Å²) in [5.74, 6) is -0.189. The summed E-state index contributed by atoms with van der Waals surface area (Å²) in [6, 6.07) is 9.36. The van der Waals surface area contributed by atoms with Crippen molar-refractivity contribution in [3.05, 3.63) is 80.6 Å². The van der Waals surface area contributed by atoms with Crippen molar-refractivity contribution in [3.8, 4) is 5.75 Å². The molecule has 0 aliphatic heterocycles. The van der Waals surface area contributed by atoms with Gasteiger partial charge in [0.25, 0.3) is 15.7 Å². The van der Waals surface area contributed by atoms with Gasteiger partial charge in [-0.05, 0) is 25.1 Å². The Morgan fingerprint density at radius 3 is 2.61 bits per heavy atom. The maximum Gasteiger partial charge on any atom is 0.270 e. The molecule has 0 amide bonds. The molecule has 2 aromatic carbocycles. The number of pyridine rings is 1. The van der Waals surface area contributed by atoms with Crippen LogP contribution in [0.4, 0.5) is 17.1 Å². The molecule has 0 unspecified atom stereocenters. The molecule has 0 radical (unpaired) electrons. The van der Waals surface area contributed by atoms with E-state index in [9.17, 15) is 28.4 Å². The van der Waals surface area contributed by atoms with E-state index in [4.69, 9.17) is 11.6 Å². The standard InChI is InChI=1S/C20H18ClN5O6S/c1-12-20(28)15(13(11-27)9-22-12)10-23-24-18-7-6-14(26(29)30)8-19(18)33(31,32)25-17-5-3-2-4-16(17)21/h2-9,11,23-25,28H,10H2,1H3. The number of nitro benzene ring substituents is 1. The van der Waals surface area contributed by atoms with Gasteiger partial charge in [0.2, 0.25) is 0 Å². The van der Waals surface area contributed by atoms with E-state index in [0.29, 0.717) is 12.0 Å². The average Bonchev–Trinajstić information content (AvgIpc) is 2.78. The molecular formula is C20H18ClN5O6S. The molecule has 1 aromatic heterocycles. The number of hydrogen-bond acceptors (Lipinski definition) is 9. The normalized spacial score (nSPS) is 11.1. The summed E-state index contributed by atoms with van der Waals surface area (Å²) >= 11 is 6.03. The van der Waals surface area contributed by atoms with E-state index < -0.39 is 25.5 Å². The number of benzene rings is 2. The Morgan fingerprint density at radius 2 is 1.94 bits per heavy atom. The second-order valence-electron chi connectivity index (χ2n) is 6.75. The predicted molar refractivity (Wildman–Crippen MR) is 122 cm³/mol. The summed E-state index contributed by atoms with van der Waals surface area (Å²) in [5, 5.41) is 21.5. The molecule has 0 aliphatic rings. The Balaban J connectivity index is 1.92. The number of carbonyl (C=O) groups excluding carboxylic acids is 1. The Bertz CT molecular complexity index is 1330. The van der Waals surface area contributed by atoms with Crippen LogP contribution in [0.5, 0.6) is 5.75 Å². The van der Waals surface area contributed by atoms with Crippen LogP contribution in [-0.2, 0) is 16.6 Å². The van der Waals surface area contributed by atoms with E-state index in [-0.39, 0.29) is 39.8 Å². The minimum Gasteiger partial charge on any atom is -0.506 e. The van der Waals surface area contributed by atoms with E-state index in [1.165, 1.54) is 24.4 Å². The van der Waals surface area contributed by atoms with Crippen LogP contribution in [0, 0.1) is 17.0 Å². The van der Waals surface area contributed by atoms with Crippen molar-refractivity contribution in [2.75, 3.05) is 10.1 Å². The van der Waals surface area contributed by atoms with Gasteiger partial charge in [-0.1, -0.05) is 23.7 Å². The quantitative estimate of drug-likeness (QED) is 0.199. The number of halogens is 1. The number of anilines is 2. The monoisotopic (exact) mass is 491 g/mol. The van der Waals surface area contributed by atoms with Gasteiger partial charge in [-0.15, -0.1) is 0 Å². The van der Waals surface area contributed by atoms with Crippen molar-refractivity contribution in [3.63, 3.8) is 0 Å². The van der Waals surface area contributed by atoms with Crippen molar-refractivity contribution in [2.45, 2.75) is 18.4 Å².